The Morgan fingerprint density at radius 1 is 1.12 bits per heavy atom. The summed E-state index contributed by atoms with van der Waals surface area (Å²) in [5, 5.41) is 0. The van der Waals surface area contributed by atoms with Crippen LogP contribution >= 0.6 is 0 Å². The molecule has 0 radical (unpaired) electrons. The van der Waals surface area contributed by atoms with Gasteiger partial charge in [0.05, 0.1) is 6.10 Å². The van der Waals surface area contributed by atoms with Gasteiger partial charge in [-0.3, -0.25) is 4.79 Å². The summed E-state index contributed by atoms with van der Waals surface area (Å²) >= 11 is 0. The lowest BCUT2D eigenvalue weighted by molar-refractivity contribution is -0.134. The molecule has 0 spiro atoms. The molecule has 2 rings (SSSR count). The van der Waals surface area contributed by atoms with Gasteiger partial charge in [0.2, 0.25) is 0 Å². The average Bonchev–Trinajstić information content (AvgIpc) is 2.75. The molecule has 0 aromatic carbocycles. The van der Waals surface area contributed by atoms with Gasteiger partial charge in [-0.2, -0.15) is 0 Å². The first kappa shape index (κ1) is 12.1. The largest absolute Gasteiger partial charge is 0.367 e. The average molecular weight is 224 g/mol. The van der Waals surface area contributed by atoms with Crippen LogP contribution in [0.3, 0.4) is 0 Å². The van der Waals surface area contributed by atoms with E-state index in [2.05, 4.69) is 13.8 Å². The van der Waals surface area contributed by atoms with Crippen molar-refractivity contribution >= 4 is 5.78 Å². The van der Waals surface area contributed by atoms with Gasteiger partial charge in [0.15, 0.2) is 5.78 Å². The van der Waals surface area contributed by atoms with Crippen LogP contribution in [0.1, 0.15) is 58.8 Å². The number of rotatable bonds is 3. The molecular formula is C14H24O2. The van der Waals surface area contributed by atoms with Crippen molar-refractivity contribution in [2.24, 2.45) is 11.8 Å². The van der Waals surface area contributed by atoms with Crippen LogP contribution in [0, 0.1) is 11.8 Å². The monoisotopic (exact) mass is 224 g/mol. The summed E-state index contributed by atoms with van der Waals surface area (Å²) in [5.74, 6) is 1.57. The molecule has 2 heteroatoms. The van der Waals surface area contributed by atoms with Gasteiger partial charge in [0, 0.05) is 5.92 Å². The van der Waals surface area contributed by atoms with Crippen LogP contribution in [0.25, 0.3) is 0 Å². The highest BCUT2D eigenvalue weighted by atomic mass is 16.5. The van der Waals surface area contributed by atoms with Crippen LogP contribution in [0.2, 0.25) is 0 Å². The van der Waals surface area contributed by atoms with Crippen LogP contribution < -0.4 is 0 Å². The van der Waals surface area contributed by atoms with Crippen LogP contribution in [0.4, 0.5) is 0 Å². The molecule has 2 unspecified atom stereocenters. The molecular weight excluding hydrogens is 200 g/mol. The topological polar surface area (TPSA) is 26.3 Å². The molecule has 2 aliphatic rings. The first-order chi connectivity index (χ1) is 7.70. The molecule has 2 atom stereocenters. The highest BCUT2D eigenvalue weighted by Crippen LogP contribution is 2.33. The first-order valence-electron chi connectivity index (χ1n) is 6.90. The Hall–Kier alpha value is -0.370. The molecule has 1 saturated heterocycles. The van der Waals surface area contributed by atoms with Crippen molar-refractivity contribution in [3.8, 4) is 0 Å². The fourth-order valence-corrected chi connectivity index (χ4v) is 3.13. The highest BCUT2D eigenvalue weighted by molar-refractivity contribution is 5.85. The summed E-state index contributed by atoms with van der Waals surface area (Å²) in [6.45, 7) is 4.33. The van der Waals surface area contributed by atoms with E-state index in [4.69, 9.17) is 4.74 Å². The maximum absolute atomic E-state index is 12.2. The molecule has 0 bridgehead atoms. The summed E-state index contributed by atoms with van der Waals surface area (Å²) in [4.78, 5) is 12.2. The summed E-state index contributed by atoms with van der Waals surface area (Å²) < 4.78 is 5.68. The van der Waals surface area contributed by atoms with E-state index < -0.39 is 0 Å². The molecule has 0 aromatic rings. The zero-order valence-electron chi connectivity index (χ0n) is 10.6. The lowest BCUT2D eigenvalue weighted by Crippen LogP contribution is -2.31. The minimum absolute atomic E-state index is 0.0711. The van der Waals surface area contributed by atoms with Gasteiger partial charge in [-0.15, -0.1) is 0 Å². The number of Topliss-reactive ketones (excluding diaryl/α,β-unsaturated/α-hetero) is 1. The minimum Gasteiger partial charge on any atom is -0.367 e. The number of carbonyl (C=O) groups excluding carboxylic acids is 1. The second-order valence-corrected chi connectivity index (χ2v) is 5.54. The van der Waals surface area contributed by atoms with Crippen molar-refractivity contribution in [1.82, 2.24) is 0 Å². The van der Waals surface area contributed by atoms with Gasteiger partial charge in [-0.05, 0) is 51.4 Å². The Kier molecular flexibility index (Phi) is 4.01. The van der Waals surface area contributed by atoms with Crippen LogP contribution in [-0.4, -0.2) is 18.0 Å². The third kappa shape index (κ3) is 2.65. The quantitative estimate of drug-likeness (QED) is 0.735. The van der Waals surface area contributed by atoms with Crippen molar-refractivity contribution in [3.05, 3.63) is 0 Å². The SMILES string of the molecule is CCC1CCC(C(=O)C2CCC(C)O2)CC1. The predicted octanol–water partition coefficient (Wildman–Crippen LogP) is 3.34. The number of hydrogen-bond donors (Lipinski definition) is 0. The van der Waals surface area contributed by atoms with Crippen molar-refractivity contribution in [3.63, 3.8) is 0 Å². The Morgan fingerprint density at radius 2 is 1.81 bits per heavy atom. The summed E-state index contributed by atoms with van der Waals surface area (Å²) in [7, 11) is 0. The smallest absolute Gasteiger partial charge is 0.164 e. The van der Waals surface area contributed by atoms with Gasteiger partial charge in [0.25, 0.3) is 0 Å². The number of carbonyl (C=O) groups is 1. The van der Waals surface area contributed by atoms with Crippen LogP contribution in [0.15, 0.2) is 0 Å². The van der Waals surface area contributed by atoms with Crippen molar-refractivity contribution in [2.75, 3.05) is 0 Å². The van der Waals surface area contributed by atoms with E-state index in [9.17, 15) is 4.79 Å². The van der Waals surface area contributed by atoms with E-state index >= 15 is 0 Å². The lowest BCUT2D eigenvalue weighted by atomic mass is 9.78. The molecule has 1 heterocycles. The molecule has 16 heavy (non-hydrogen) atoms. The molecule has 0 amide bonds. The van der Waals surface area contributed by atoms with E-state index in [-0.39, 0.29) is 6.10 Å². The molecule has 1 aliphatic carbocycles. The van der Waals surface area contributed by atoms with E-state index in [1.807, 2.05) is 0 Å². The van der Waals surface area contributed by atoms with Crippen LogP contribution in [0.5, 0.6) is 0 Å². The van der Waals surface area contributed by atoms with Crippen molar-refractivity contribution in [1.29, 1.82) is 0 Å². The van der Waals surface area contributed by atoms with E-state index in [1.165, 1.54) is 19.3 Å². The zero-order valence-corrected chi connectivity index (χ0v) is 10.6. The minimum atomic E-state index is -0.0711. The molecule has 2 fully saturated rings. The molecule has 2 nitrogen and oxygen atoms in total. The number of hydrogen-bond acceptors (Lipinski definition) is 2. The predicted molar refractivity (Wildman–Crippen MR) is 64.3 cm³/mol. The van der Waals surface area contributed by atoms with E-state index in [1.54, 1.807) is 0 Å². The first-order valence-corrected chi connectivity index (χ1v) is 6.90. The maximum Gasteiger partial charge on any atom is 0.164 e. The van der Waals surface area contributed by atoms with Crippen molar-refractivity contribution in [2.45, 2.75) is 71.0 Å². The third-order valence-electron chi connectivity index (χ3n) is 4.38. The molecule has 0 N–H and O–H groups in total. The number of ketones is 1. The Morgan fingerprint density at radius 3 is 2.31 bits per heavy atom. The third-order valence-corrected chi connectivity index (χ3v) is 4.38. The maximum atomic E-state index is 12.2. The van der Waals surface area contributed by atoms with E-state index in [0.29, 0.717) is 17.8 Å². The Labute approximate surface area is 98.7 Å². The summed E-state index contributed by atoms with van der Waals surface area (Å²) in [6, 6.07) is 0. The Balaban J connectivity index is 1.82. The van der Waals surface area contributed by atoms with E-state index in [0.717, 1.165) is 31.6 Å². The second kappa shape index (κ2) is 5.31. The highest BCUT2D eigenvalue weighted by Gasteiger charge is 2.34. The second-order valence-electron chi connectivity index (χ2n) is 5.54. The Bertz CT molecular complexity index is 241. The van der Waals surface area contributed by atoms with Gasteiger partial charge >= 0.3 is 0 Å². The van der Waals surface area contributed by atoms with Gasteiger partial charge in [-0.25, -0.2) is 0 Å². The van der Waals surface area contributed by atoms with Crippen LogP contribution in [-0.2, 0) is 9.53 Å². The fourth-order valence-electron chi connectivity index (χ4n) is 3.13. The lowest BCUT2D eigenvalue weighted by Gasteiger charge is -2.28. The van der Waals surface area contributed by atoms with Crippen molar-refractivity contribution < 1.29 is 9.53 Å². The fraction of sp³-hybridized carbons (Fsp3) is 0.929. The van der Waals surface area contributed by atoms with Gasteiger partial charge in [-0.1, -0.05) is 13.3 Å². The van der Waals surface area contributed by atoms with Gasteiger partial charge in [0.1, 0.15) is 6.10 Å². The standard InChI is InChI=1S/C14H24O2/c1-3-11-5-7-12(8-6-11)14(15)13-9-4-10(2)16-13/h10-13H,3-9H2,1-2H3. The van der Waals surface area contributed by atoms with Gasteiger partial charge < -0.3 is 4.74 Å². The molecule has 0 aromatic heterocycles. The summed E-state index contributed by atoms with van der Waals surface area (Å²) in [6.07, 6.45) is 8.20. The summed E-state index contributed by atoms with van der Waals surface area (Å²) in [5.41, 5.74) is 0. The molecule has 1 aliphatic heterocycles. The zero-order chi connectivity index (χ0) is 11.5. The number of ether oxygens (including phenoxy) is 1. The normalized spacial score (nSPS) is 39.9. The molecule has 1 saturated carbocycles. The molecule has 92 valence electrons.